The van der Waals surface area contributed by atoms with Crippen molar-refractivity contribution in [1.29, 1.82) is 0 Å². The Balaban J connectivity index is 1.82. The molecule has 0 bridgehead atoms. The average molecular weight is 333 g/mol. The maximum Gasteiger partial charge on any atom is 0.191 e. The van der Waals surface area contributed by atoms with Gasteiger partial charge < -0.3 is 25.2 Å². The van der Waals surface area contributed by atoms with Gasteiger partial charge in [0.05, 0.1) is 12.8 Å². The predicted molar refractivity (Wildman–Crippen MR) is 101 cm³/mol. The van der Waals surface area contributed by atoms with Gasteiger partial charge >= 0.3 is 0 Å². The third kappa shape index (κ3) is 5.30. The van der Waals surface area contributed by atoms with Crippen LogP contribution in [0, 0.1) is 0 Å². The molecular formula is C18H31N5O. The lowest BCUT2D eigenvalue weighted by Gasteiger charge is -2.22. The fourth-order valence-electron chi connectivity index (χ4n) is 2.98. The summed E-state index contributed by atoms with van der Waals surface area (Å²) < 4.78 is 5.48. The van der Waals surface area contributed by atoms with Crippen molar-refractivity contribution in [3.05, 3.63) is 24.3 Å². The van der Waals surface area contributed by atoms with Gasteiger partial charge in [0.15, 0.2) is 5.96 Å². The first kappa shape index (κ1) is 18.4. The molecule has 1 fully saturated rings. The normalized spacial score (nSPS) is 18.1. The second-order valence-corrected chi connectivity index (χ2v) is 6.40. The van der Waals surface area contributed by atoms with Gasteiger partial charge in [0, 0.05) is 32.7 Å². The zero-order chi connectivity index (χ0) is 17.4. The Hall–Kier alpha value is -1.95. The minimum atomic E-state index is 0.398. The lowest BCUT2D eigenvalue weighted by molar-refractivity contribution is 0.399. The lowest BCUT2D eigenvalue weighted by Crippen LogP contribution is -2.45. The number of ether oxygens (including phenoxy) is 1. The van der Waals surface area contributed by atoms with E-state index in [0.29, 0.717) is 6.04 Å². The van der Waals surface area contributed by atoms with Gasteiger partial charge in [0.25, 0.3) is 0 Å². The number of methoxy groups -OCH3 is 1. The zero-order valence-electron chi connectivity index (χ0n) is 15.4. The van der Waals surface area contributed by atoms with Crippen LogP contribution >= 0.6 is 0 Å². The van der Waals surface area contributed by atoms with Crippen LogP contribution in [-0.4, -0.2) is 71.3 Å². The SMILES string of the molecule is CN=C(NCCCN(C)C)NC1CCN(c2ccccc2OC)C1. The summed E-state index contributed by atoms with van der Waals surface area (Å²) in [5.74, 6) is 1.82. The summed E-state index contributed by atoms with van der Waals surface area (Å²) in [4.78, 5) is 8.90. The number of guanidine groups is 1. The van der Waals surface area contributed by atoms with Crippen LogP contribution in [0.3, 0.4) is 0 Å². The summed E-state index contributed by atoms with van der Waals surface area (Å²) in [6.45, 7) is 3.99. The van der Waals surface area contributed by atoms with Gasteiger partial charge in [-0.05, 0) is 45.6 Å². The van der Waals surface area contributed by atoms with Crippen molar-refractivity contribution >= 4 is 11.6 Å². The van der Waals surface area contributed by atoms with Crippen LogP contribution in [0.5, 0.6) is 5.75 Å². The number of nitrogens with zero attached hydrogens (tertiary/aromatic N) is 3. The van der Waals surface area contributed by atoms with E-state index < -0.39 is 0 Å². The number of hydrogen-bond donors (Lipinski definition) is 2. The Morgan fingerprint density at radius 1 is 1.38 bits per heavy atom. The molecule has 0 amide bonds. The van der Waals surface area contributed by atoms with Gasteiger partial charge in [-0.25, -0.2) is 0 Å². The highest BCUT2D eigenvalue weighted by Crippen LogP contribution is 2.30. The Morgan fingerprint density at radius 3 is 2.88 bits per heavy atom. The summed E-state index contributed by atoms with van der Waals surface area (Å²) in [5.41, 5.74) is 1.17. The molecule has 1 aliphatic rings. The molecule has 1 heterocycles. The van der Waals surface area contributed by atoms with Crippen LogP contribution in [0.2, 0.25) is 0 Å². The van der Waals surface area contributed by atoms with Crippen molar-refractivity contribution < 1.29 is 4.74 Å². The summed E-state index contributed by atoms with van der Waals surface area (Å²) >= 11 is 0. The number of anilines is 1. The van der Waals surface area contributed by atoms with Crippen LogP contribution in [-0.2, 0) is 0 Å². The average Bonchev–Trinajstić information content (AvgIpc) is 3.05. The molecule has 134 valence electrons. The molecular weight excluding hydrogens is 302 g/mol. The van der Waals surface area contributed by atoms with Gasteiger partial charge in [-0.15, -0.1) is 0 Å². The lowest BCUT2D eigenvalue weighted by atomic mass is 10.2. The topological polar surface area (TPSA) is 52.1 Å². The predicted octanol–water partition coefficient (Wildman–Crippen LogP) is 1.39. The molecule has 1 aromatic carbocycles. The van der Waals surface area contributed by atoms with E-state index in [1.165, 1.54) is 5.69 Å². The van der Waals surface area contributed by atoms with Gasteiger partial charge in [0.1, 0.15) is 5.75 Å². The van der Waals surface area contributed by atoms with Gasteiger partial charge in [0.2, 0.25) is 0 Å². The second kappa shape index (κ2) is 9.37. The fraction of sp³-hybridized carbons (Fsp3) is 0.611. The first-order chi connectivity index (χ1) is 11.6. The molecule has 1 aromatic rings. The highest BCUT2D eigenvalue weighted by Gasteiger charge is 2.25. The molecule has 2 N–H and O–H groups in total. The number of hydrogen-bond acceptors (Lipinski definition) is 4. The maximum atomic E-state index is 5.48. The standard InChI is InChI=1S/C18H31N5O/c1-19-18(20-11-7-12-22(2)3)21-15-10-13-23(14-15)16-8-5-6-9-17(16)24-4/h5-6,8-9,15H,7,10-14H2,1-4H3,(H2,19,20,21). The first-order valence-corrected chi connectivity index (χ1v) is 8.64. The zero-order valence-corrected chi connectivity index (χ0v) is 15.4. The quantitative estimate of drug-likeness (QED) is 0.449. The van der Waals surface area contributed by atoms with Crippen molar-refractivity contribution in [2.45, 2.75) is 18.9 Å². The summed E-state index contributed by atoms with van der Waals surface area (Å²) in [5, 5.41) is 6.93. The number of para-hydroxylation sites is 2. The van der Waals surface area contributed by atoms with E-state index in [1.807, 2.05) is 19.2 Å². The Kier molecular flexibility index (Phi) is 7.18. The molecule has 1 atom stereocenters. The molecule has 6 nitrogen and oxygen atoms in total. The molecule has 0 spiro atoms. The molecule has 24 heavy (non-hydrogen) atoms. The molecule has 0 radical (unpaired) electrons. The fourth-order valence-corrected chi connectivity index (χ4v) is 2.98. The van der Waals surface area contributed by atoms with Crippen molar-refractivity contribution in [2.24, 2.45) is 4.99 Å². The summed E-state index contributed by atoms with van der Waals surface area (Å²) in [6.07, 6.45) is 2.20. The highest BCUT2D eigenvalue weighted by molar-refractivity contribution is 5.80. The van der Waals surface area contributed by atoms with Gasteiger partial charge in [-0.3, -0.25) is 4.99 Å². The minimum absolute atomic E-state index is 0.398. The van der Waals surface area contributed by atoms with Crippen molar-refractivity contribution in [1.82, 2.24) is 15.5 Å². The van der Waals surface area contributed by atoms with Crippen LogP contribution in [0.4, 0.5) is 5.69 Å². The number of benzene rings is 1. The van der Waals surface area contributed by atoms with Crippen LogP contribution in [0.25, 0.3) is 0 Å². The Bertz CT molecular complexity index is 532. The largest absolute Gasteiger partial charge is 0.495 e. The van der Waals surface area contributed by atoms with Crippen molar-refractivity contribution in [3.8, 4) is 5.75 Å². The number of nitrogens with one attached hydrogen (secondary N) is 2. The van der Waals surface area contributed by atoms with E-state index in [4.69, 9.17) is 4.74 Å². The van der Waals surface area contributed by atoms with E-state index in [0.717, 1.165) is 50.7 Å². The minimum Gasteiger partial charge on any atom is -0.495 e. The van der Waals surface area contributed by atoms with Crippen LogP contribution in [0.15, 0.2) is 29.3 Å². The Morgan fingerprint density at radius 2 is 2.17 bits per heavy atom. The van der Waals surface area contributed by atoms with Crippen molar-refractivity contribution in [2.75, 3.05) is 59.3 Å². The molecule has 1 saturated heterocycles. The third-order valence-corrected chi connectivity index (χ3v) is 4.25. The van der Waals surface area contributed by atoms with Gasteiger partial charge in [-0.2, -0.15) is 0 Å². The molecule has 0 saturated carbocycles. The first-order valence-electron chi connectivity index (χ1n) is 8.64. The number of aliphatic imine (C=N–C) groups is 1. The second-order valence-electron chi connectivity index (χ2n) is 6.40. The van der Waals surface area contributed by atoms with Crippen LogP contribution in [0.1, 0.15) is 12.8 Å². The smallest absolute Gasteiger partial charge is 0.191 e. The molecule has 2 rings (SSSR count). The molecule has 0 aliphatic carbocycles. The van der Waals surface area contributed by atoms with E-state index in [-0.39, 0.29) is 0 Å². The summed E-state index contributed by atoms with van der Waals surface area (Å²) in [6, 6.07) is 8.60. The van der Waals surface area contributed by atoms with E-state index in [9.17, 15) is 0 Å². The van der Waals surface area contributed by atoms with Gasteiger partial charge in [-0.1, -0.05) is 12.1 Å². The third-order valence-electron chi connectivity index (χ3n) is 4.25. The van der Waals surface area contributed by atoms with Crippen LogP contribution < -0.4 is 20.3 Å². The molecule has 6 heteroatoms. The maximum absolute atomic E-state index is 5.48. The van der Waals surface area contributed by atoms with E-state index >= 15 is 0 Å². The highest BCUT2D eigenvalue weighted by atomic mass is 16.5. The van der Waals surface area contributed by atoms with E-state index in [1.54, 1.807) is 7.11 Å². The van der Waals surface area contributed by atoms with Crippen molar-refractivity contribution in [3.63, 3.8) is 0 Å². The number of rotatable bonds is 7. The van der Waals surface area contributed by atoms with E-state index in [2.05, 4.69) is 51.7 Å². The Labute approximate surface area is 145 Å². The molecule has 1 aliphatic heterocycles. The monoisotopic (exact) mass is 333 g/mol. The molecule has 0 aromatic heterocycles. The summed E-state index contributed by atoms with van der Waals surface area (Å²) in [7, 11) is 7.74. The molecule has 1 unspecified atom stereocenters.